The van der Waals surface area contributed by atoms with Crippen molar-refractivity contribution < 1.29 is 13.9 Å². The average molecular weight is 347 g/mol. The van der Waals surface area contributed by atoms with Gasteiger partial charge in [-0.1, -0.05) is 0 Å². The topological polar surface area (TPSA) is 20.2 Å². The minimum Gasteiger partial charge on any atom is -0.388 e. The van der Waals surface area contributed by atoms with Crippen LogP contribution in [0.2, 0.25) is 0 Å². The van der Waals surface area contributed by atoms with Crippen LogP contribution in [0.1, 0.15) is 27.0 Å². The highest BCUT2D eigenvalue weighted by Gasteiger charge is 2.19. The summed E-state index contributed by atoms with van der Waals surface area (Å²) in [6, 6.07) is 4.37. The predicted molar refractivity (Wildman–Crippen MR) is 76.5 cm³/mol. The molecule has 2 rings (SSSR count). The molecule has 0 aliphatic rings. The molecule has 0 saturated heterocycles. The first-order chi connectivity index (χ1) is 8.90. The monoisotopic (exact) mass is 346 g/mol. The van der Waals surface area contributed by atoms with Crippen LogP contribution in [0.15, 0.2) is 22.7 Å². The maximum absolute atomic E-state index is 13.8. The van der Waals surface area contributed by atoms with Crippen molar-refractivity contribution in [2.45, 2.75) is 26.4 Å². The molecule has 0 spiro atoms. The lowest BCUT2D eigenvalue weighted by Gasteiger charge is -2.12. The van der Waals surface area contributed by atoms with Gasteiger partial charge in [-0.3, -0.25) is 0 Å². The highest BCUT2D eigenvalue weighted by atomic mass is 79.9. The van der Waals surface area contributed by atoms with Crippen LogP contribution in [-0.2, 0) is 6.42 Å². The van der Waals surface area contributed by atoms with E-state index in [2.05, 4.69) is 15.9 Å². The fourth-order valence-corrected chi connectivity index (χ4v) is 3.39. The zero-order chi connectivity index (χ0) is 14.2. The van der Waals surface area contributed by atoms with E-state index in [1.54, 1.807) is 11.3 Å². The Balaban J connectivity index is 2.31. The summed E-state index contributed by atoms with van der Waals surface area (Å²) < 4.78 is 27.7. The van der Waals surface area contributed by atoms with Crippen LogP contribution in [0.5, 0.6) is 0 Å². The molecule has 1 aromatic heterocycles. The van der Waals surface area contributed by atoms with Crippen molar-refractivity contribution in [2.75, 3.05) is 0 Å². The summed E-state index contributed by atoms with van der Waals surface area (Å²) in [5.74, 6) is -1.28. The van der Waals surface area contributed by atoms with Gasteiger partial charge in [0.25, 0.3) is 0 Å². The molecule has 1 unspecified atom stereocenters. The SMILES string of the molecule is Cc1cc(C(O)Cc2c(F)ccc(Br)c2F)c(C)s1. The lowest BCUT2D eigenvalue weighted by Crippen LogP contribution is -2.06. The largest absolute Gasteiger partial charge is 0.388 e. The summed E-state index contributed by atoms with van der Waals surface area (Å²) in [4.78, 5) is 2.04. The second-order valence-electron chi connectivity index (χ2n) is 4.41. The van der Waals surface area contributed by atoms with Gasteiger partial charge >= 0.3 is 0 Å². The third kappa shape index (κ3) is 3.04. The first-order valence-corrected chi connectivity index (χ1v) is 7.38. The number of thiophene rings is 1. The number of aryl methyl sites for hydroxylation is 2. The molecule has 0 amide bonds. The van der Waals surface area contributed by atoms with Crippen molar-refractivity contribution in [3.63, 3.8) is 0 Å². The van der Waals surface area contributed by atoms with E-state index in [1.807, 2.05) is 19.9 Å². The molecule has 1 heterocycles. The fraction of sp³-hybridized carbons (Fsp3) is 0.286. The molecule has 19 heavy (non-hydrogen) atoms. The van der Waals surface area contributed by atoms with Crippen LogP contribution in [-0.4, -0.2) is 5.11 Å². The molecule has 1 aromatic carbocycles. The molecule has 0 fully saturated rings. The van der Waals surface area contributed by atoms with Crippen LogP contribution in [0.25, 0.3) is 0 Å². The molecule has 1 atom stereocenters. The minimum absolute atomic E-state index is 0.0753. The lowest BCUT2D eigenvalue weighted by atomic mass is 10.0. The molecule has 102 valence electrons. The number of hydrogen-bond acceptors (Lipinski definition) is 2. The summed E-state index contributed by atoms with van der Waals surface area (Å²) in [5.41, 5.74) is 0.645. The van der Waals surface area contributed by atoms with Gasteiger partial charge in [0.1, 0.15) is 11.6 Å². The van der Waals surface area contributed by atoms with Gasteiger partial charge in [-0.25, -0.2) is 8.78 Å². The first kappa shape index (κ1) is 14.6. The van der Waals surface area contributed by atoms with Gasteiger partial charge in [-0.15, -0.1) is 11.3 Å². The molecule has 0 saturated carbocycles. The van der Waals surface area contributed by atoms with Crippen LogP contribution in [0.4, 0.5) is 8.78 Å². The van der Waals surface area contributed by atoms with Gasteiger partial charge in [0.15, 0.2) is 0 Å². The summed E-state index contributed by atoms with van der Waals surface area (Å²) in [5, 5.41) is 10.2. The van der Waals surface area contributed by atoms with Crippen molar-refractivity contribution in [3.8, 4) is 0 Å². The Bertz CT molecular complexity index is 610. The lowest BCUT2D eigenvalue weighted by molar-refractivity contribution is 0.175. The molecule has 2 aromatic rings. The maximum atomic E-state index is 13.8. The highest BCUT2D eigenvalue weighted by molar-refractivity contribution is 9.10. The predicted octanol–water partition coefficient (Wildman–Crippen LogP) is 4.68. The smallest absolute Gasteiger partial charge is 0.143 e. The second kappa shape index (κ2) is 5.69. The number of hydrogen-bond donors (Lipinski definition) is 1. The van der Waals surface area contributed by atoms with Crippen molar-refractivity contribution in [1.29, 1.82) is 0 Å². The van der Waals surface area contributed by atoms with E-state index in [-0.39, 0.29) is 16.5 Å². The molecular formula is C14H13BrF2OS. The third-order valence-electron chi connectivity index (χ3n) is 2.97. The minimum atomic E-state index is -0.900. The van der Waals surface area contributed by atoms with Crippen LogP contribution >= 0.6 is 27.3 Å². The fourth-order valence-electron chi connectivity index (χ4n) is 2.04. The van der Waals surface area contributed by atoms with Crippen molar-refractivity contribution in [1.82, 2.24) is 0 Å². The Morgan fingerprint density at radius 1 is 1.32 bits per heavy atom. The summed E-state index contributed by atoms with van der Waals surface area (Å²) >= 11 is 4.59. The Kier molecular flexibility index (Phi) is 4.38. The maximum Gasteiger partial charge on any atom is 0.143 e. The van der Waals surface area contributed by atoms with Crippen LogP contribution in [0, 0.1) is 25.5 Å². The summed E-state index contributed by atoms with van der Waals surface area (Å²) in [6.45, 7) is 3.83. The van der Waals surface area contributed by atoms with Crippen LogP contribution in [0.3, 0.4) is 0 Å². The van der Waals surface area contributed by atoms with Gasteiger partial charge in [0.2, 0.25) is 0 Å². The standard InChI is InChI=1S/C14H13BrF2OS/c1-7-5-9(8(2)19-7)13(18)6-10-12(16)4-3-11(15)14(10)17/h3-5,13,18H,6H2,1-2H3. The van der Waals surface area contributed by atoms with E-state index in [1.165, 1.54) is 12.1 Å². The van der Waals surface area contributed by atoms with Gasteiger partial charge in [0.05, 0.1) is 10.6 Å². The number of halogens is 3. The first-order valence-electron chi connectivity index (χ1n) is 5.77. The molecule has 0 aliphatic carbocycles. The molecule has 0 aliphatic heterocycles. The van der Waals surface area contributed by atoms with E-state index in [4.69, 9.17) is 0 Å². The highest BCUT2D eigenvalue weighted by Crippen LogP contribution is 2.31. The number of rotatable bonds is 3. The average Bonchev–Trinajstić information content (AvgIpc) is 2.69. The van der Waals surface area contributed by atoms with E-state index in [9.17, 15) is 13.9 Å². The van der Waals surface area contributed by atoms with Gasteiger partial charge in [0, 0.05) is 21.7 Å². The Labute approximate surface area is 123 Å². The van der Waals surface area contributed by atoms with Gasteiger partial charge in [-0.05, 0) is 53.5 Å². The zero-order valence-corrected chi connectivity index (χ0v) is 12.9. The summed E-state index contributed by atoms with van der Waals surface area (Å²) in [7, 11) is 0. The van der Waals surface area contributed by atoms with Gasteiger partial charge < -0.3 is 5.11 Å². The molecule has 1 nitrogen and oxygen atoms in total. The molecule has 1 N–H and O–H groups in total. The summed E-state index contributed by atoms with van der Waals surface area (Å²) in [6.07, 6.45) is -0.975. The van der Waals surface area contributed by atoms with Crippen molar-refractivity contribution >= 4 is 27.3 Å². The van der Waals surface area contributed by atoms with Crippen molar-refractivity contribution in [3.05, 3.63) is 55.2 Å². The molecule has 0 radical (unpaired) electrons. The Morgan fingerprint density at radius 2 is 2.00 bits per heavy atom. The van der Waals surface area contributed by atoms with Gasteiger partial charge in [-0.2, -0.15) is 0 Å². The Hall–Kier alpha value is -0.780. The van der Waals surface area contributed by atoms with Crippen molar-refractivity contribution in [2.24, 2.45) is 0 Å². The van der Waals surface area contributed by atoms with E-state index in [0.29, 0.717) is 0 Å². The molecular weight excluding hydrogens is 334 g/mol. The Morgan fingerprint density at radius 3 is 2.58 bits per heavy atom. The van der Waals surface area contributed by atoms with E-state index in [0.717, 1.165) is 15.3 Å². The molecule has 0 bridgehead atoms. The normalized spacial score (nSPS) is 12.7. The number of aliphatic hydroxyl groups is 1. The number of aliphatic hydroxyl groups excluding tert-OH is 1. The molecule has 5 heteroatoms. The quantitative estimate of drug-likeness (QED) is 0.800. The van der Waals surface area contributed by atoms with E-state index >= 15 is 0 Å². The number of benzene rings is 1. The zero-order valence-electron chi connectivity index (χ0n) is 10.5. The van der Waals surface area contributed by atoms with Crippen LogP contribution < -0.4 is 0 Å². The second-order valence-corrected chi connectivity index (χ2v) is 6.73. The van der Waals surface area contributed by atoms with E-state index < -0.39 is 17.7 Å². The third-order valence-corrected chi connectivity index (χ3v) is 4.57.